The molecule has 1 aromatic heterocycles. The minimum Gasteiger partial charge on any atom is -0.494 e. The van der Waals surface area contributed by atoms with Crippen LogP contribution in [-0.4, -0.2) is 68.0 Å². The zero-order valence-electron chi connectivity index (χ0n) is 23.0. The fourth-order valence-electron chi connectivity index (χ4n) is 5.09. The summed E-state index contributed by atoms with van der Waals surface area (Å²) in [7, 11) is 7.16. The Morgan fingerprint density at radius 1 is 1.05 bits per heavy atom. The molecule has 0 spiro atoms. The van der Waals surface area contributed by atoms with Crippen LogP contribution < -0.4 is 10.3 Å². The van der Waals surface area contributed by atoms with Crippen molar-refractivity contribution in [2.24, 2.45) is 0 Å². The van der Waals surface area contributed by atoms with Crippen molar-refractivity contribution in [2.75, 3.05) is 53.6 Å². The molecule has 0 saturated carbocycles. The van der Waals surface area contributed by atoms with E-state index < -0.39 is 40.9 Å². The van der Waals surface area contributed by atoms with Crippen molar-refractivity contribution >= 4 is 11.8 Å². The van der Waals surface area contributed by atoms with Crippen LogP contribution in [0.2, 0.25) is 0 Å². The van der Waals surface area contributed by atoms with Crippen LogP contribution in [0.4, 0.5) is 22.0 Å². The summed E-state index contributed by atoms with van der Waals surface area (Å²) in [5.74, 6) is -1.30. The van der Waals surface area contributed by atoms with E-state index in [1.54, 1.807) is 17.6 Å². The van der Waals surface area contributed by atoms with Crippen LogP contribution in [0, 0.1) is 18.6 Å². The lowest BCUT2D eigenvalue weighted by molar-refractivity contribution is -0.138. The number of thioether (sulfide) groups is 1. The van der Waals surface area contributed by atoms with Crippen LogP contribution in [-0.2, 0) is 12.6 Å². The van der Waals surface area contributed by atoms with Gasteiger partial charge in [-0.15, -0.1) is 11.8 Å². The number of alkyl halides is 3. The van der Waals surface area contributed by atoms with Gasteiger partial charge in [-0.25, -0.2) is 8.78 Å². The standard InChI is InChI=1S/C29H32F5N3O2S/c1-17-20(14-21-22(29(32,33)34)9-7-10-23(21)30)28-37(18(16-40-28)15-36(4)13-12-35(2)3)27(38)25(17)19-8-6-11-24(39-5)26(19)31/h6-11,18H,12-16H2,1-5H3. The van der Waals surface area contributed by atoms with Crippen molar-refractivity contribution in [3.05, 3.63) is 80.6 Å². The van der Waals surface area contributed by atoms with Gasteiger partial charge in [0.25, 0.3) is 5.56 Å². The number of hydrogen-bond donors (Lipinski definition) is 0. The first-order valence-corrected chi connectivity index (χ1v) is 13.7. The number of halogens is 5. The van der Waals surface area contributed by atoms with Crippen LogP contribution >= 0.6 is 11.8 Å². The number of hydrogen-bond acceptors (Lipinski definition) is 5. The van der Waals surface area contributed by atoms with E-state index in [0.29, 0.717) is 28.5 Å². The summed E-state index contributed by atoms with van der Waals surface area (Å²) in [5, 5.41) is 0.483. The summed E-state index contributed by atoms with van der Waals surface area (Å²) in [5.41, 5.74) is -1.32. The molecule has 1 aliphatic heterocycles. The minimum atomic E-state index is -4.77. The molecule has 3 aromatic rings. The second kappa shape index (κ2) is 11.9. The average Bonchev–Trinajstić information content (AvgIpc) is 3.30. The first-order chi connectivity index (χ1) is 18.8. The Labute approximate surface area is 234 Å². The van der Waals surface area contributed by atoms with Crippen LogP contribution in [0.15, 0.2) is 46.2 Å². The summed E-state index contributed by atoms with van der Waals surface area (Å²) < 4.78 is 78.8. The molecule has 1 unspecified atom stereocenters. The fraction of sp³-hybridized carbons (Fsp3) is 0.414. The van der Waals surface area contributed by atoms with Crippen molar-refractivity contribution in [3.63, 3.8) is 0 Å². The fourth-order valence-corrected chi connectivity index (χ4v) is 6.47. The van der Waals surface area contributed by atoms with Gasteiger partial charge in [-0.05, 0) is 57.4 Å². The van der Waals surface area contributed by atoms with Gasteiger partial charge < -0.3 is 14.5 Å². The molecule has 0 N–H and O–H groups in total. The molecule has 1 aliphatic rings. The van der Waals surface area contributed by atoms with Gasteiger partial charge in [-0.1, -0.05) is 18.2 Å². The topological polar surface area (TPSA) is 37.7 Å². The smallest absolute Gasteiger partial charge is 0.416 e. The molecule has 2 heterocycles. The predicted molar refractivity (Wildman–Crippen MR) is 147 cm³/mol. The maximum absolute atomic E-state index is 15.5. The Morgan fingerprint density at radius 3 is 2.40 bits per heavy atom. The second-order valence-electron chi connectivity index (χ2n) is 10.3. The molecule has 216 valence electrons. The van der Waals surface area contributed by atoms with E-state index in [1.807, 2.05) is 26.0 Å². The number of pyridine rings is 1. The van der Waals surface area contributed by atoms with E-state index in [0.717, 1.165) is 31.3 Å². The molecule has 0 saturated heterocycles. The lowest BCUT2D eigenvalue weighted by Crippen LogP contribution is -2.36. The van der Waals surface area contributed by atoms with Crippen LogP contribution in [0.5, 0.6) is 5.75 Å². The number of nitrogens with zero attached hydrogens (tertiary/aromatic N) is 3. The number of likely N-dealkylation sites (N-methyl/N-ethyl adjacent to an activating group) is 2. The number of rotatable bonds is 9. The van der Waals surface area contributed by atoms with Gasteiger partial charge in [0.05, 0.1) is 29.3 Å². The molecule has 0 radical (unpaired) electrons. The molecular formula is C29H32F5N3O2S. The maximum atomic E-state index is 15.5. The van der Waals surface area contributed by atoms with Gasteiger partial charge >= 0.3 is 6.18 Å². The Balaban J connectivity index is 1.93. The van der Waals surface area contributed by atoms with Gasteiger partial charge in [-0.2, -0.15) is 13.2 Å². The van der Waals surface area contributed by atoms with E-state index >= 15 is 4.39 Å². The molecule has 0 fully saturated rings. The van der Waals surface area contributed by atoms with Gasteiger partial charge in [0, 0.05) is 42.9 Å². The van der Waals surface area contributed by atoms with Gasteiger partial charge in [-0.3, -0.25) is 9.36 Å². The summed E-state index contributed by atoms with van der Waals surface area (Å²) in [6.07, 6.45) is -5.18. The monoisotopic (exact) mass is 581 g/mol. The maximum Gasteiger partial charge on any atom is 0.416 e. The lowest BCUT2D eigenvalue weighted by atomic mass is 9.92. The number of aromatic nitrogens is 1. The number of benzene rings is 2. The second-order valence-corrected chi connectivity index (χ2v) is 11.3. The predicted octanol–water partition coefficient (Wildman–Crippen LogP) is 5.86. The number of methoxy groups -OCH3 is 1. The third-order valence-corrected chi connectivity index (χ3v) is 8.46. The zero-order chi connectivity index (χ0) is 29.4. The van der Waals surface area contributed by atoms with Crippen molar-refractivity contribution in [3.8, 4) is 16.9 Å². The van der Waals surface area contributed by atoms with E-state index in [9.17, 15) is 22.4 Å². The van der Waals surface area contributed by atoms with E-state index in [2.05, 4.69) is 4.90 Å². The highest BCUT2D eigenvalue weighted by atomic mass is 32.2. The van der Waals surface area contributed by atoms with Gasteiger partial charge in [0.2, 0.25) is 0 Å². The van der Waals surface area contributed by atoms with Gasteiger partial charge in [0.1, 0.15) is 5.82 Å². The minimum absolute atomic E-state index is 0.0143. The first kappa shape index (κ1) is 30.1. The molecule has 0 amide bonds. The molecule has 0 bridgehead atoms. The largest absolute Gasteiger partial charge is 0.494 e. The Morgan fingerprint density at radius 2 is 1.75 bits per heavy atom. The van der Waals surface area contributed by atoms with Crippen LogP contribution in [0.3, 0.4) is 0 Å². The Kier molecular flexibility index (Phi) is 8.96. The van der Waals surface area contributed by atoms with Crippen LogP contribution in [0.1, 0.15) is 28.3 Å². The summed E-state index contributed by atoms with van der Waals surface area (Å²) in [6, 6.07) is 6.98. The van der Waals surface area contributed by atoms with Crippen LogP contribution in [0.25, 0.3) is 11.1 Å². The van der Waals surface area contributed by atoms with Crippen molar-refractivity contribution in [2.45, 2.75) is 30.6 Å². The Hall–Kier alpha value is -2.89. The Bertz CT molecular complexity index is 1460. The highest BCUT2D eigenvalue weighted by molar-refractivity contribution is 7.99. The van der Waals surface area contributed by atoms with Gasteiger partial charge in [0.15, 0.2) is 11.6 Å². The summed E-state index contributed by atoms with van der Waals surface area (Å²) in [4.78, 5) is 18.2. The van der Waals surface area contributed by atoms with Crippen molar-refractivity contribution in [1.29, 1.82) is 0 Å². The number of fused-ring (bicyclic) bond motifs is 1. The van der Waals surface area contributed by atoms with E-state index in [1.165, 1.54) is 31.0 Å². The average molecular weight is 582 g/mol. The first-order valence-electron chi connectivity index (χ1n) is 12.8. The number of ether oxygens (including phenoxy) is 1. The van der Waals surface area contributed by atoms with Crippen molar-refractivity contribution in [1.82, 2.24) is 14.4 Å². The molecular weight excluding hydrogens is 549 g/mol. The normalized spacial score (nSPS) is 15.2. The third-order valence-electron chi connectivity index (χ3n) is 7.20. The highest BCUT2D eigenvalue weighted by Gasteiger charge is 2.37. The van der Waals surface area contributed by atoms with Crippen molar-refractivity contribution < 1.29 is 26.7 Å². The molecule has 4 rings (SSSR count). The SMILES string of the molecule is COc1cccc(-c2c(C)c(Cc3c(F)cccc3C(F)(F)F)c3n(c2=O)C(CN(C)CCN(C)C)CS3)c1F. The van der Waals surface area contributed by atoms with E-state index in [-0.39, 0.29) is 22.9 Å². The zero-order valence-corrected chi connectivity index (χ0v) is 23.8. The third kappa shape index (κ3) is 5.91. The molecule has 0 aliphatic carbocycles. The molecule has 5 nitrogen and oxygen atoms in total. The molecule has 1 atom stereocenters. The molecule has 11 heteroatoms. The lowest BCUT2D eigenvalue weighted by Gasteiger charge is -2.25. The highest BCUT2D eigenvalue weighted by Crippen LogP contribution is 2.42. The molecule has 2 aromatic carbocycles. The summed E-state index contributed by atoms with van der Waals surface area (Å²) in [6.45, 7) is 3.62. The quantitative estimate of drug-likeness (QED) is 0.296. The van der Waals surface area contributed by atoms with E-state index in [4.69, 9.17) is 4.74 Å². The molecule has 40 heavy (non-hydrogen) atoms. The summed E-state index contributed by atoms with van der Waals surface area (Å²) >= 11 is 1.36.